The second-order valence-corrected chi connectivity index (χ2v) is 3.30. The minimum atomic E-state index is 0.836. The highest BCUT2D eigenvalue weighted by atomic mass is 16.5. The van der Waals surface area contributed by atoms with Crippen LogP contribution >= 0.6 is 0 Å². The third kappa shape index (κ3) is 1.38. The molecule has 0 N–H and O–H groups in total. The zero-order valence-electron chi connectivity index (χ0n) is 7.92. The van der Waals surface area contributed by atoms with E-state index >= 15 is 0 Å². The number of benzene rings is 1. The Morgan fingerprint density at radius 2 is 2.07 bits per heavy atom. The van der Waals surface area contributed by atoms with Crippen molar-refractivity contribution in [1.82, 2.24) is 10.1 Å². The zero-order chi connectivity index (χ0) is 10.1. The van der Waals surface area contributed by atoms with E-state index in [-0.39, 0.29) is 0 Å². The molecule has 0 amide bonds. The fourth-order valence-corrected chi connectivity index (χ4v) is 1.59. The molecule has 3 aromatic rings. The van der Waals surface area contributed by atoms with E-state index in [1.165, 1.54) is 0 Å². The van der Waals surface area contributed by atoms with Gasteiger partial charge in [0, 0.05) is 23.2 Å². The quantitative estimate of drug-likeness (QED) is 0.600. The summed E-state index contributed by atoms with van der Waals surface area (Å²) in [4.78, 5) is 4.29. The van der Waals surface area contributed by atoms with Crippen LogP contribution in [-0.2, 0) is 0 Å². The van der Waals surface area contributed by atoms with Crippen molar-refractivity contribution in [2.24, 2.45) is 0 Å². The number of aromatic nitrogens is 2. The lowest BCUT2D eigenvalue weighted by Gasteiger charge is -1.98. The molecule has 0 unspecified atom stereocenters. The Morgan fingerprint density at radius 3 is 2.93 bits per heavy atom. The van der Waals surface area contributed by atoms with E-state index in [2.05, 4.69) is 10.1 Å². The SMILES string of the molecule is c1cnc2cc(-c3ccon3)ccc2c1. The minimum absolute atomic E-state index is 0.836. The summed E-state index contributed by atoms with van der Waals surface area (Å²) in [6, 6.07) is 11.9. The average Bonchev–Trinajstić information content (AvgIpc) is 2.82. The number of hydrogen-bond donors (Lipinski definition) is 0. The van der Waals surface area contributed by atoms with Crippen molar-refractivity contribution >= 4 is 10.9 Å². The first-order valence-corrected chi connectivity index (χ1v) is 4.69. The summed E-state index contributed by atoms with van der Waals surface area (Å²) < 4.78 is 4.81. The van der Waals surface area contributed by atoms with Crippen molar-refractivity contribution in [3.8, 4) is 11.3 Å². The highest BCUT2D eigenvalue weighted by Crippen LogP contribution is 2.21. The van der Waals surface area contributed by atoms with Gasteiger partial charge >= 0.3 is 0 Å². The van der Waals surface area contributed by atoms with Crippen molar-refractivity contribution < 1.29 is 4.52 Å². The van der Waals surface area contributed by atoms with Gasteiger partial charge in [0.15, 0.2) is 0 Å². The molecule has 0 saturated carbocycles. The van der Waals surface area contributed by atoms with Gasteiger partial charge in [0.05, 0.1) is 5.52 Å². The van der Waals surface area contributed by atoms with Gasteiger partial charge in [0.25, 0.3) is 0 Å². The number of nitrogens with zero attached hydrogens (tertiary/aromatic N) is 2. The molecule has 2 aromatic heterocycles. The topological polar surface area (TPSA) is 38.9 Å². The first-order valence-electron chi connectivity index (χ1n) is 4.69. The smallest absolute Gasteiger partial charge is 0.124 e. The van der Waals surface area contributed by atoms with Crippen LogP contribution in [-0.4, -0.2) is 10.1 Å². The Balaban J connectivity index is 2.22. The van der Waals surface area contributed by atoms with Gasteiger partial charge in [-0.25, -0.2) is 0 Å². The van der Waals surface area contributed by atoms with Crippen molar-refractivity contribution in [3.63, 3.8) is 0 Å². The third-order valence-electron chi connectivity index (χ3n) is 2.34. The summed E-state index contributed by atoms with van der Waals surface area (Å²) in [5.41, 5.74) is 2.83. The molecule has 2 heterocycles. The second kappa shape index (κ2) is 3.20. The normalized spacial score (nSPS) is 10.7. The van der Waals surface area contributed by atoms with E-state index in [1.807, 2.05) is 36.4 Å². The summed E-state index contributed by atoms with van der Waals surface area (Å²) in [7, 11) is 0. The Hall–Kier alpha value is -2.16. The maximum Gasteiger partial charge on any atom is 0.124 e. The molecule has 0 fully saturated rings. The van der Waals surface area contributed by atoms with Gasteiger partial charge in [-0.2, -0.15) is 0 Å². The molecule has 3 nitrogen and oxygen atoms in total. The van der Waals surface area contributed by atoms with E-state index in [4.69, 9.17) is 4.52 Å². The molecule has 3 rings (SSSR count). The molecule has 0 bridgehead atoms. The molecule has 3 heteroatoms. The van der Waals surface area contributed by atoms with Crippen LogP contribution in [0.15, 0.2) is 53.4 Å². The average molecular weight is 196 g/mol. The maximum absolute atomic E-state index is 4.81. The summed E-state index contributed by atoms with van der Waals surface area (Å²) in [5.74, 6) is 0. The Morgan fingerprint density at radius 1 is 1.07 bits per heavy atom. The number of hydrogen-bond acceptors (Lipinski definition) is 3. The van der Waals surface area contributed by atoms with Gasteiger partial charge < -0.3 is 4.52 Å². The van der Waals surface area contributed by atoms with Gasteiger partial charge in [-0.3, -0.25) is 4.98 Å². The summed E-state index contributed by atoms with van der Waals surface area (Å²) in [5, 5.41) is 5.02. The molecular formula is C12H8N2O. The lowest BCUT2D eigenvalue weighted by atomic mass is 10.1. The van der Waals surface area contributed by atoms with E-state index in [9.17, 15) is 0 Å². The molecule has 72 valence electrons. The second-order valence-electron chi connectivity index (χ2n) is 3.30. The van der Waals surface area contributed by atoms with Crippen molar-refractivity contribution in [2.45, 2.75) is 0 Å². The first kappa shape index (κ1) is 8.17. The summed E-state index contributed by atoms with van der Waals surface area (Å²) >= 11 is 0. The number of rotatable bonds is 1. The predicted octanol–water partition coefficient (Wildman–Crippen LogP) is 2.89. The molecule has 1 aromatic carbocycles. The molecule has 0 radical (unpaired) electrons. The van der Waals surface area contributed by atoms with E-state index in [0.29, 0.717) is 0 Å². The lowest BCUT2D eigenvalue weighted by molar-refractivity contribution is 0.422. The van der Waals surface area contributed by atoms with Crippen molar-refractivity contribution in [2.75, 3.05) is 0 Å². The highest BCUT2D eigenvalue weighted by Gasteiger charge is 2.02. The van der Waals surface area contributed by atoms with Gasteiger partial charge in [-0.05, 0) is 12.1 Å². The van der Waals surface area contributed by atoms with Crippen LogP contribution in [0.25, 0.3) is 22.2 Å². The third-order valence-corrected chi connectivity index (χ3v) is 2.34. The first-order chi connectivity index (χ1) is 7.43. The van der Waals surface area contributed by atoms with Crippen LogP contribution in [0.2, 0.25) is 0 Å². The molecule has 0 atom stereocenters. The maximum atomic E-state index is 4.81. The predicted molar refractivity (Wildman–Crippen MR) is 57.2 cm³/mol. The number of fused-ring (bicyclic) bond motifs is 1. The lowest BCUT2D eigenvalue weighted by Crippen LogP contribution is -1.80. The highest BCUT2D eigenvalue weighted by molar-refractivity contribution is 5.83. The molecule has 0 aliphatic heterocycles. The molecule has 0 aliphatic rings. The fraction of sp³-hybridized carbons (Fsp3) is 0. The van der Waals surface area contributed by atoms with Crippen LogP contribution in [0.3, 0.4) is 0 Å². The molecule has 0 saturated heterocycles. The summed E-state index contributed by atoms with van der Waals surface area (Å²) in [6.07, 6.45) is 3.35. The largest absolute Gasteiger partial charge is 0.364 e. The van der Waals surface area contributed by atoms with Crippen LogP contribution < -0.4 is 0 Å². The molecule has 0 aliphatic carbocycles. The summed E-state index contributed by atoms with van der Waals surface area (Å²) in [6.45, 7) is 0. The van der Waals surface area contributed by atoms with E-state index in [0.717, 1.165) is 22.2 Å². The van der Waals surface area contributed by atoms with Gasteiger partial charge in [0.2, 0.25) is 0 Å². The van der Waals surface area contributed by atoms with Crippen LogP contribution in [0.1, 0.15) is 0 Å². The molecule has 15 heavy (non-hydrogen) atoms. The monoisotopic (exact) mass is 196 g/mol. The Bertz CT molecular complexity index is 587. The zero-order valence-corrected chi connectivity index (χ0v) is 7.92. The van der Waals surface area contributed by atoms with Crippen LogP contribution in [0.5, 0.6) is 0 Å². The van der Waals surface area contributed by atoms with Crippen LogP contribution in [0.4, 0.5) is 0 Å². The van der Waals surface area contributed by atoms with E-state index < -0.39 is 0 Å². The fourth-order valence-electron chi connectivity index (χ4n) is 1.59. The standard InChI is InChI=1S/C12H8N2O/c1-2-9-3-4-10(8-12(9)13-6-1)11-5-7-15-14-11/h1-8H. The Labute approximate surface area is 86.4 Å². The molecule has 0 spiro atoms. The van der Waals surface area contributed by atoms with Gasteiger partial charge in [0.1, 0.15) is 12.0 Å². The van der Waals surface area contributed by atoms with Crippen molar-refractivity contribution in [3.05, 3.63) is 48.9 Å². The van der Waals surface area contributed by atoms with E-state index in [1.54, 1.807) is 12.5 Å². The number of pyridine rings is 1. The van der Waals surface area contributed by atoms with Crippen molar-refractivity contribution in [1.29, 1.82) is 0 Å². The molecular weight excluding hydrogens is 188 g/mol. The van der Waals surface area contributed by atoms with Gasteiger partial charge in [-0.15, -0.1) is 0 Å². The van der Waals surface area contributed by atoms with Crippen LogP contribution in [0, 0.1) is 0 Å². The van der Waals surface area contributed by atoms with Gasteiger partial charge in [-0.1, -0.05) is 23.4 Å². The minimum Gasteiger partial charge on any atom is -0.364 e. The Kier molecular flexibility index (Phi) is 1.75.